The number of nitrogens with zero attached hydrogens (tertiary/aromatic N) is 2. The highest BCUT2D eigenvalue weighted by atomic mass is 35.5. The molecule has 2 rings (SSSR count). The highest BCUT2D eigenvalue weighted by molar-refractivity contribution is 6.31. The molecule has 0 atom stereocenters. The van der Waals surface area contributed by atoms with Gasteiger partial charge in [0.25, 0.3) is 0 Å². The minimum absolute atomic E-state index is 0.814. The molecule has 0 saturated carbocycles. The Hall–Kier alpha value is -1.32. The zero-order valence-electron chi connectivity index (χ0n) is 12.2. The fourth-order valence-corrected chi connectivity index (χ4v) is 2.38. The molecule has 3 nitrogen and oxygen atoms in total. The van der Waals surface area contributed by atoms with Gasteiger partial charge in [0.05, 0.1) is 6.20 Å². The molecular formula is C16H22ClN3. The molecule has 1 aromatic heterocycles. The van der Waals surface area contributed by atoms with E-state index in [0.29, 0.717) is 0 Å². The van der Waals surface area contributed by atoms with Gasteiger partial charge in [0.2, 0.25) is 0 Å². The Labute approximate surface area is 126 Å². The van der Waals surface area contributed by atoms with Crippen molar-refractivity contribution in [3.63, 3.8) is 0 Å². The summed E-state index contributed by atoms with van der Waals surface area (Å²) in [4.78, 5) is 0. The highest BCUT2D eigenvalue weighted by Crippen LogP contribution is 2.25. The second-order valence-electron chi connectivity index (χ2n) is 4.98. The fraction of sp³-hybridized carbons (Fsp3) is 0.438. The van der Waals surface area contributed by atoms with Gasteiger partial charge in [-0.05, 0) is 36.6 Å². The maximum absolute atomic E-state index is 6.36. The van der Waals surface area contributed by atoms with E-state index in [1.807, 2.05) is 16.9 Å². The fourth-order valence-electron chi connectivity index (χ4n) is 2.13. The quantitative estimate of drug-likeness (QED) is 0.778. The van der Waals surface area contributed by atoms with Crippen molar-refractivity contribution in [2.75, 3.05) is 6.54 Å². The lowest BCUT2D eigenvalue weighted by Crippen LogP contribution is -2.13. The number of hydrogen-bond donors (Lipinski definition) is 1. The summed E-state index contributed by atoms with van der Waals surface area (Å²) in [6.45, 7) is 7.10. The first-order chi connectivity index (χ1) is 9.74. The smallest absolute Gasteiger partial charge is 0.0568 e. The van der Waals surface area contributed by atoms with Gasteiger partial charge in [-0.25, -0.2) is 0 Å². The maximum atomic E-state index is 6.36. The maximum Gasteiger partial charge on any atom is 0.0568 e. The van der Waals surface area contributed by atoms with Crippen LogP contribution in [0.5, 0.6) is 0 Å². The summed E-state index contributed by atoms with van der Waals surface area (Å²) in [5.41, 5.74) is 3.38. The van der Waals surface area contributed by atoms with Gasteiger partial charge in [0.15, 0.2) is 0 Å². The minimum Gasteiger partial charge on any atom is -0.313 e. The zero-order chi connectivity index (χ0) is 14.4. The van der Waals surface area contributed by atoms with Crippen LogP contribution in [0.1, 0.15) is 32.3 Å². The Morgan fingerprint density at radius 2 is 2.05 bits per heavy atom. The summed E-state index contributed by atoms with van der Waals surface area (Å²) in [7, 11) is 0. The molecule has 0 saturated heterocycles. The van der Waals surface area contributed by atoms with Gasteiger partial charge >= 0.3 is 0 Å². The third-order valence-electron chi connectivity index (χ3n) is 3.21. The first-order valence-electron chi connectivity index (χ1n) is 7.26. The van der Waals surface area contributed by atoms with Crippen molar-refractivity contribution in [1.82, 2.24) is 15.1 Å². The SMILES string of the molecule is CCCNCc1ccc(-c2cnn(CCC)c2)cc1Cl. The lowest BCUT2D eigenvalue weighted by molar-refractivity contribution is 0.603. The molecule has 108 valence electrons. The molecule has 0 aliphatic carbocycles. The van der Waals surface area contributed by atoms with Gasteiger partial charge in [0, 0.05) is 29.9 Å². The number of aryl methyl sites for hydroxylation is 1. The van der Waals surface area contributed by atoms with E-state index in [1.165, 1.54) is 0 Å². The number of rotatable bonds is 7. The molecule has 0 aliphatic rings. The molecule has 0 aliphatic heterocycles. The van der Waals surface area contributed by atoms with Crippen LogP contribution in [0.15, 0.2) is 30.6 Å². The minimum atomic E-state index is 0.814. The van der Waals surface area contributed by atoms with E-state index < -0.39 is 0 Å². The van der Waals surface area contributed by atoms with Crippen molar-refractivity contribution in [2.24, 2.45) is 0 Å². The summed E-state index contributed by atoms with van der Waals surface area (Å²) >= 11 is 6.36. The van der Waals surface area contributed by atoms with Crippen LogP contribution >= 0.6 is 11.6 Å². The molecule has 4 heteroatoms. The predicted octanol–water partition coefficient (Wildman–Crippen LogP) is 4.11. The standard InChI is InChI=1S/C16H22ClN3/c1-3-7-18-10-14-6-5-13(9-16(14)17)15-11-19-20(12-15)8-4-2/h5-6,9,11-12,18H,3-4,7-8,10H2,1-2H3. The Kier molecular flexibility index (Phi) is 5.62. The zero-order valence-corrected chi connectivity index (χ0v) is 13.0. The molecule has 0 amide bonds. The number of hydrogen-bond acceptors (Lipinski definition) is 2. The summed E-state index contributed by atoms with van der Waals surface area (Å²) < 4.78 is 1.97. The number of aromatic nitrogens is 2. The third-order valence-corrected chi connectivity index (χ3v) is 3.57. The van der Waals surface area contributed by atoms with E-state index in [0.717, 1.165) is 54.2 Å². The van der Waals surface area contributed by atoms with Gasteiger partial charge in [0.1, 0.15) is 0 Å². The van der Waals surface area contributed by atoms with Crippen molar-refractivity contribution in [2.45, 2.75) is 39.8 Å². The van der Waals surface area contributed by atoms with Crippen LogP contribution in [-0.2, 0) is 13.1 Å². The summed E-state index contributed by atoms with van der Waals surface area (Å²) in [5, 5.41) is 8.54. The lowest BCUT2D eigenvalue weighted by atomic mass is 10.1. The molecule has 20 heavy (non-hydrogen) atoms. The molecule has 0 bridgehead atoms. The molecule has 1 N–H and O–H groups in total. The monoisotopic (exact) mass is 291 g/mol. The molecule has 0 radical (unpaired) electrons. The first-order valence-corrected chi connectivity index (χ1v) is 7.64. The third kappa shape index (κ3) is 3.84. The van der Waals surface area contributed by atoms with E-state index in [1.54, 1.807) is 0 Å². The predicted molar refractivity (Wildman–Crippen MR) is 85.0 cm³/mol. The van der Waals surface area contributed by atoms with Crippen LogP contribution in [0, 0.1) is 0 Å². The van der Waals surface area contributed by atoms with Crippen LogP contribution in [0.4, 0.5) is 0 Å². The lowest BCUT2D eigenvalue weighted by Gasteiger charge is -2.07. The van der Waals surface area contributed by atoms with E-state index in [-0.39, 0.29) is 0 Å². The largest absolute Gasteiger partial charge is 0.313 e. The summed E-state index contributed by atoms with van der Waals surface area (Å²) in [5.74, 6) is 0. The molecule has 1 heterocycles. The van der Waals surface area contributed by atoms with Gasteiger partial charge < -0.3 is 5.32 Å². The van der Waals surface area contributed by atoms with Crippen molar-refractivity contribution < 1.29 is 0 Å². The normalized spacial score (nSPS) is 10.9. The Bertz CT molecular complexity index is 548. The number of nitrogens with one attached hydrogen (secondary N) is 1. The van der Waals surface area contributed by atoms with Gasteiger partial charge in [-0.15, -0.1) is 0 Å². The Balaban J connectivity index is 2.10. The van der Waals surface area contributed by atoms with Gasteiger partial charge in [-0.1, -0.05) is 37.6 Å². The van der Waals surface area contributed by atoms with Gasteiger partial charge in [-0.2, -0.15) is 5.10 Å². The highest BCUT2D eigenvalue weighted by Gasteiger charge is 2.05. The first kappa shape index (κ1) is 15.1. The van der Waals surface area contributed by atoms with Crippen molar-refractivity contribution in [1.29, 1.82) is 0 Å². The number of benzene rings is 1. The average Bonchev–Trinajstić information content (AvgIpc) is 2.90. The van der Waals surface area contributed by atoms with Crippen LogP contribution in [0.3, 0.4) is 0 Å². The van der Waals surface area contributed by atoms with E-state index in [2.05, 4.69) is 42.6 Å². The molecule has 0 unspecified atom stereocenters. The van der Waals surface area contributed by atoms with Crippen molar-refractivity contribution in [3.8, 4) is 11.1 Å². The molecule has 1 aromatic carbocycles. The molecule has 0 spiro atoms. The van der Waals surface area contributed by atoms with E-state index in [4.69, 9.17) is 11.6 Å². The molecule has 0 fully saturated rings. The van der Waals surface area contributed by atoms with Crippen LogP contribution in [-0.4, -0.2) is 16.3 Å². The summed E-state index contributed by atoms with van der Waals surface area (Å²) in [6, 6.07) is 6.23. The average molecular weight is 292 g/mol. The number of halogens is 1. The van der Waals surface area contributed by atoms with Crippen LogP contribution < -0.4 is 5.32 Å². The van der Waals surface area contributed by atoms with E-state index >= 15 is 0 Å². The molecular weight excluding hydrogens is 270 g/mol. The Morgan fingerprint density at radius 1 is 1.20 bits per heavy atom. The second kappa shape index (κ2) is 7.46. The summed E-state index contributed by atoms with van der Waals surface area (Å²) in [6.07, 6.45) is 6.19. The van der Waals surface area contributed by atoms with Crippen LogP contribution in [0.25, 0.3) is 11.1 Å². The van der Waals surface area contributed by atoms with Gasteiger partial charge in [-0.3, -0.25) is 4.68 Å². The van der Waals surface area contributed by atoms with Crippen LogP contribution in [0.2, 0.25) is 5.02 Å². The van der Waals surface area contributed by atoms with Crippen molar-refractivity contribution in [3.05, 3.63) is 41.2 Å². The second-order valence-corrected chi connectivity index (χ2v) is 5.38. The topological polar surface area (TPSA) is 29.9 Å². The van der Waals surface area contributed by atoms with E-state index in [9.17, 15) is 0 Å². The molecule has 2 aromatic rings. The Morgan fingerprint density at radius 3 is 2.75 bits per heavy atom. The van der Waals surface area contributed by atoms with Crippen molar-refractivity contribution >= 4 is 11.6 Å².